The molecule has 0 radical (unpaired) electrons. The number of hydrogen-bond acceptors (Lipinski definition) is 1. The van der Waals surface area contributed by atoms with Gasteiger partial charge in [-0.05, 0) is 33.2 Å². The molecule has 0 aliphatic heterocycles. The summed E-state index contributed by atoms with van der Waals surface area (Å²) in [7, 11) is -3.34. The van der Waals surface area contributed by atoms with Gasteiger partial charge in [0.15, 0.2) is 0 Å². The molecule has 0 amide bonds. The molecule has 6 aliphatic rings. The molecule has 0 heterocycles. The molecule has 0 aromatic carbocycles. The van der Waals surface area contributed by atoms with Crippen molar-refractivity contribution in [1.82, 2.24) is 4.65 Å². The maximum Gasteiger partial charge on any atom is 0.128 e. The van der Waals surface area contributed by atoms with Crippen molar-refractivity contribution in [3.8, 4) is 0 Å². The fraction of sp³-hybridized carbons (Fsp3) is 1.00. The summed E-state index contributed by atoms with van der Waals surface area (Å²) >= 11 is 0. The average molecular weight is 570 g/mol. The van der Waals surface area contributed by atoms with Crippen molar-refractivity contribution in [2.45, 2.75) is 226 Å². The monoisotopic (exact) mass is 569 g/mol. The zero-order chi connectivity index (χ0) is 26.4. The summed E-state index contributed by atoms with van der Waals surface area (Å²) < 4.78 is 5.58. The first kappa shape index (κ1) is 29.5. The van der Waals surface area contributed by atoms with E-state index >= 15 is 0 Å². The van der Waals surface area contributed by atoms with Crippen LogP contribution in [-0.2, 0) is 0 Å². The number of hydrogen-bond donors (Lipinski definition) is 1. The molecule has 1 nitrogen and oxygen atoms in total. The van der Waals surface area contributed by atoms with Gasteiger partial charge in [-0.15, -0.1) is 0 Å². The van der Waals surface area contributed by atoms with E-state index < -0.39 is 16.5 Å². The highest BCUT2D eigenvalue weighted by atomic mass is 28.4. The van der Waals surface area contributed by atoms with Crippen LogP contribution in [0.3, 0.4) is 0 Å². The van der Waals surface area contributed by atoms with Gasteiger partial charge in [0.05, 0.1) is 0 Å². The molecule has 6 aliphatic carbocycles. The van der Waals surface area contributed by atoms with Crippen molar-refractivity contribution in [2.24, 2.45) is 0 Å². The van der Waals surface area contributed by atoms with Gasteiger partial charge < -0.3 is 4.65 Å². The van der Waals surface area contributed by atoms with Crippen LogP contribution >= 0.6 is 0 Å². The molecule has 0 atom stereocenters. The fourth-order valence-corrected chi connectivity index (χ4v) is 32.5. The molecule has 224 valence electrons. The molecule has 0 saturated heterocycles. The lowest BCUT2D eigenvalue weighted by atomic mass is 9.98. The Labute approximate surface area is 246 Å². The molecule has 0 unspecified atom stereocenters. The smallest absolute Gasteiger partial charge is 0.128 e. The largest absolute Gasteiger partial charge is 0.358 e. The molecule has 3 heteroatoms. The average Bonchev–Trinajstić information content (AvgIpc) is 3.04. The van der Waals surface area contributed by atoms with Crippen LogP contribution in [0.4, 0.5) is 0 Å². The lowest BCUT2D eigenvalue weighted by Crippen LogP contribution is -2.75. The van der Waals surface area contributed by atoms with E-state index in [1.807, 2.05) is 0 Å². The van der Waals surface area contributed by atoms with Crippen molar-refractivity contribution < 1.29 is 0 Å². The quantitative estimate of drug-likeness (QED) is 0.287. The third-order valence-electron chi connectivity index (χ3n) is 14.1. The molecule has 6 fully saturated rings. The fourth-order valence-electron chi connectivity index (χ4n) is 12.5. The van der Waals surface area contributed by atoms with Crippen molar-refractivity contribution >= 4 is 16.5 Å². The van der Waals surface area contributed by atoms with Crippen molar-refractivity contribution in [2.75, 3.05) is 0 Å². The van der Waals surface area contributed by atoms with Crippen LogP contribution in [0.25, 0.3) is 0 Å². The summed E-state index contributed by atoms with van der Waals surface area (Å²) in [6.07, 6.45) is 47.8. The summed E-state index contributed by atoms with van der Waals surface area (Å²) in [5, 5.41) is 0. The molecule has 0 bridgehead atoms. The Hall–Kier alpha value is 0.394. The van der Waals surface area contributed by atoms with Gasteiger partial charge in [-0.25, -0.2) is 0 Å². The predicted molar refractivity (Wildman–Crippen MR) is 176 cm³/mol. The summed E-state index contributed by atoms with van der Waals surface area (Å²) in [6, 6.07) is 0. The van der Waals surface area contributed by atoms with E-state index in [-0.39, 0.29) is 0 Å². The van der Waals surface area contributed by atoms with E-state index in [4.69, 9.17) is 4.65 Å². The van der Waals surface area contributed by atoms with Gasteiger partial charge in [0.1, 0.15) is 16.5 Å². The maximum atomic E-state index is 5.58. The zero-order valence-electron chi connectivity index (χ0n) is 26.2. The van der Waals surface area contributed by atoms with Crippen LogP contribution in [0.5, 0.6) is 0 Å². The van der Waals surface area contributed by atoms with Gasteiger partial charge in [0, 0.05) is 0 Å². The summed E-state index contributed by atoms with van der Waals surface area (Å²) in [4.78, 5) is 0. The maximum absolute atomic E-state index is 5.58. The van der Waals surface area contributed by atoms with Gasteiger partial charge in [-0.1, -0.05) is 193 Å². The van der Waals surface area contributed by atoms with Crippen LogP contribution in [0, 0.1) is 0 Å². The molecular weight excluding hydrogens is 503 g/mol. The first-order chi connectivity index (χ1) is 19.3. The van der Waals surface area contributed by atoms with Gasteiger partial charge in [0.2, 0.25) is 0 Å². The lowest BCUT2D eigenvalue weighted by Gasteiger charge is -2.62. The number of rotatable bonds is 8. The summed E-state index contributed by atoms with van der Waals surface area (Å²) in [5.74, 6) is 0. The van der Waals surface area contributed by atoms with Crippen LogP contribution < -0.4 is 4.65 Å². The van der Waals surface area contributed by atoms with Gasteiger partial charge in [-0.2, -0.15) is 0 Å². The van der Waals surface area contributed by atoms with E-state index in [1.54, 1.807) is 193 Å². The Morgan fingerprint density at radius 1 is 0.231 bits per heavy atom. The second-order valence-corrected chi connectivity index (χ2v) is 25.6. The Kier molecular flexibility index (Phi) is 10.8. The molecular formula is C36H67NSi2. The second-order valence-electron chi connectivity index (χ2n) is 16.0. The highest BCUT2D eigenvalue weighted by Gasteiger charge is 2.61. The highest BCUT2D eigenvalue weighted by molar-refractivity contribution is 6.97. The minimum Gasteiger partial charge on any atom is -0.358 e. The van der Waals surface area contributed by atoms with E-state index in [1.165, 1.54) is 0 Å². The van der Waals surface area contributed by atoms with Gasteiger partial charge >= 0.3 is 0 Å². The predicted octanol–water partition coefficient (Wildman–Crippen LogP) is 12.5. The van der Waals surface area contributed by atoms with Crippen molar-refractivity contribution in [1.29, 1.82) is 0 Å². The Morgan fingerprint density at radius 2 is 0.385 bits per heavy atom. The topological polar surface area (TPSA) is 12.0 Å². The van der Waals surface area contributed by atoms with E-state index in [2.05, 4.69) is 0 Å². The normalized spacial score (nSPS) is 29.5. The molecule has 1 N–H and O–H groups in total. The van der Waals surface area contributed by atoms with E-state index in [0.29, 0.717) is 0 Å². The molecule has 6 saturated carbocycles. The third-order valence-corrected chi connectivity index (χ3v) is 29.2. The van der Waals surface area contributed by atoms with Crippen LogP contribution in [0.1, 0.15) is 193 Å². The standard InChI is InChI=1S/C36H67NSi2/c1-7-19-31(20-8-1)38(32-21-9-2-10-22-32,33-23-11-3-12-24-33)37-39(34-25-13-4-14-26-34,35-27-15-5-16-28-35)36-29-17-6-18-30-36/h31-37H,1-30H2. The molecule has 39 heavy (non-hydrogen) atoms. The highest BCUT2D eigenvalue weighted by Crippen LogP contribution is 2.61. The third kappa shape index (κ3) is 6.22. The molecule has 0 aromatic rings. The van der Waals surface area contributed by atoms with Crippen LogP contribution in [0.15, 0.2) is 0 Å². The molecule has 0 aromatic heterocycles. The van der Waals surface area contributed by atoms with Crippen LogP contribution in [0.2, 0.25) is 33.2 Å². The molecule has 6 rings (SSSR count). The Bertz CT molecular complexity index is 550. The zero-order valence-corrected chi connectivity index (χ0v) is 28.2. The van der Waals surface area contributed by atoms with Gasteiger partial charge in [0.25, 0.3) is 0 Å². The minimum absolute atomic E-state index is 1.14. The molecule has 0 spiro atoms. The first-order valence-corrected chi connectivity index (χ1v) is 23.6. The van der Waals surface area contributed by atoms with Gasteiger partial charge in [-0.3, -0.25) is 0 Å². The van der Waals surface area contributed by atoms with Crippen LogP contribution in [-0.4, -0.2) is 16.5 Å². The second kappa shape index (κ2) is 14.2. The summed E-state index contributed by atoms with van der Waals surface area (Å²) in [5.41, 5.74) is 6.83. The van der Waals surface area contributed by atoms with Crippen molar-refractivity contribution in [3.05, 3.63) is 0 Å². The Morgan fingerprint density at radius 3 is 0.538 bits per heavy atom. The SMILES string of the molecule is C1CCC([Si](N[Si](C2CCCCC2)(C2CCCCC2)C2CCCCC2)(C2CCCCC2)C2CCCCC2)CC1. The first-order valence-electron chi connectivity index (χ1n) is 19.1. The Balaban J connectivity index is 1.49. The van der Waals surface area contributed by atoms with E-state index in [0.717, 1.165) is 33.2 Å². The summed E-state index contributed by atoms with van der Waals surface area (Å²) in [6.45, 7) is 0. The van der Waals surface area contributed by atoms with E-state index in [9.17, 15) is 0 Å². The lowest BCUT2D eigenvalue weighted by molar-refractivity contribution is 0.392. The minimum atomic E-state index is -1.67. The van der Waals surface area contributed by atoms with Crippen molar-refractivity contribution in [3.63, 3.8) is 0 Å². The number of nitrogens with one attached hydrogen (secondary N) is 1.